The number of carbonyl (C=O) groups is 3. The van der Waals surface area contributed by atoms with E-state index in [4.69, 9.17) is 0 Å². The quantitative estimate of drug-likeness (QED) is 0.847. The predicted molar refractivity (Wildman–Crippen MR) is 76.2 cm³/mol. The summed E-state index contributed by atoms with van der Waals surface area (Å²) in [4.78, 5) is 37.7. The first kappa shape index (κ1) is 13.8. The Bertz CT molecular complexity index is 642. The maximum Gasteiger partial charge on any atom is 0.337 e. The van der Waals surface area contributed by atoms with E-state index < -0.39 is 5.97 Å². The van der Waals surface area contributed by atoms with Crippen molar-refractivity contribution in [1.82, 2.24) is 0 Å². The topological polar surface area (TPSA) is 74.7 Å². The maximum atomic E-state index is 12.5. The van der Waals surface area contributed by atoms with Crippen LogP contribution in [0.2, 0.25) is 0 Å². The molecule has 110 valence electrons. The molecule has 2 atom stereocenters. The van der Waals surface area contributed by atoms with E-state index in [9.17, 15) is 19.5 Å². The first-order chi connectivity index (χ1) is 9.90. The molecule has 5 heteroatoms. The molecular formula is C16H17NO4. The van der Waals surface area contributed by atoms with Crippen LogP contribution in [-0.4, -0.2) is 22.9 Å². The normalized spacial score (nSPS) is 24.6. The second-order valence-corrected chi connectivity index (χ2v) is 6.00. The van der Waals surface area contributed by atoms with Crippen LogP contribution in [0, 0.1) is 25.7 Å². The number of imide groups is 1. The van der Waals surface area contributed by atoms with E-state index in [1.54, 1.807) is 19.9 Å². The number of fused-ring (bicyclic) bond motifs is 2. The lowest BCUT2D eigenvalue weighted by Gasteiger charge is -2.31. The number of benzene rings is 1. The monoisotopic (exact) mass is 287 g/mol. The van der Waals surface area contributed by atoms with E-state index in [0.717, 1.165) is 23.3 Å². The minimum Gasteiger partial charge on any atom is -0.478 e. The molecule has 2 bridgehead atoms. The van der Waals surface area contributed by atoms with Crippen LogP contribution < -0.4 is 4.90 Å². The van der Waals surface area contributed by atoms with Crippen molar-refractivity contribution in [2.24, 2.45) is 11.8 Å². The predicted octanol–water partition coefficient (Wildman–Crippen LogP) is 2.29. The first-order valence-corrected chi connectivity index (χ1v) is 7.12. The average Bonchev–Trinajstić information content (AvgIpc) is 2.85. The molecule has 1 saturated heterocycles. The van der Waals surface area contributed by atoms with Gasteiger partial charge in [0.25, 0.3) is 0 Å². The smallest absolute Gasteiger partial charge is 0.337 e. The lowest BCUT2D eigenvalue weighted by molar-refractivity contribution is -0.133. The van der Waals surface area contributed by atoms with Crippen molar-refractivity contribution in [3.05, 3.63) is 28.8 Å². The number of carboxylic acids is 1. The van der Waals surface area contributed by atoms with Gasteiger partial charge in [-0.3, -0.25) is 9.59 Å². The van der Waals surface area contributed by atoms with Crippen molar-refractivity contribution in [3.63, 3.8) is 0 Å². The van der Waals surface area contributed by atoms with Gasteiger partial charge in [-0.15, -0.1) is 0 Å². The van der Waals surface area contributed by atoms with Gasteiger partial charge < -0.3 is 5.11 Å². The Morgan fingerprint density at radius 2 is 1.71 bits per heavy atom. The van der Waals surface area contributed by atoms with Crippen LogP contribution in [0.25, 0.3) is 0 Å². The number of anilines is 1. The summed E-state index contributed by atoms with van der Waals surface area (Å²) in [6, 6.07) is 3.32. The van der Waals surface area contributed by atoms with E-state index in [1.165, 1.54) is 6.07 Å². The van der Waals surface area contributed by atoms with E-state index in [1.807, 2.05) is 0 Å². The Labute approximate surface area is 122 Å². The number of rotatable bonds is 2. The molecule has 2 fully saturated rings. The Balaban J connectivity index is 2.18. The molecule has 1 N–H and O–H groups in total. The minimum absolute atomic E-state index is 0.0236. The van der Waals surface area contributed by atoms with Gasteiger partial charge in [0.1, 0.15) is 0 Å². The van der Waals surface area contributed by atoms with Crippen molar-refractivity contribution in [3.8, 4) is 0 Å². The zero-order valence-electron chi connectivity index (χ0n) is 12.0. The third-order valence-electron chi connectivity index (χ3n) is 4.47. The summed E-state index contributed by atoms with van der Waals surface area (Å²) < 4.78 is 0. The SMILES string of the molecule is Cc1cc(C)c(N2C(=O)C3CCC(C3)C2=O)c(C(=O)O)c1. The summed E-state index contributed by atoms with van der Waals surface area (Å²) in [7, 11) is 0. The molecule has 2 aliphatic rings. The van der Waals surface area contributed by atoms with Crippen molar-refractivity contribution >= 4 is 23.5 Å². The summed E-state index contributed by atoms with van der Waals surface area (Å²) in [5.74, 6) is -1.90. The summed E-state index contributed by atoms with van der Waals surface area (Å²) in [5, 5.41) is 9.42. The summed E-state index contributed by atoms with van der Waals surface area (Å²) in [6.07, 6.45) is 2.06. The molecule has 1 aromatic rings. The molecule has 2 unspecified atom stereocenters. The number of aromatic carboxylic acids is 1. The van der Waals surface area contributed by atoms with Gasteiger partial charge in [-0.25, -0.2) is 9.69 Å². The molecule has 21 heavy (non-hydrogen) atoms. The van der Waals surface area contributed by atoms with Crippen LogP contribution >= 0.6 is 0 Å². The minimum atomic E-state index is -1.12. The number of nitrogens with zero attached hydrogens (tertiary/aromatic N) is 1. The Hall–Kier alpha value is -2.17. The van der Waals surface area contributed by atoms with Gasteiger partial charge in [0.2, 0.25) is 11.8 Å². The molecule has 3 rings (SSSR count). The number of hydrogen-bond acceptors (Lipinski definition) is 3. The van der Waals surface area contributed by atoms with Crippen LogP contribution in [0.3, 0.4) is 0 Å². The van der Waals surface area contributed by atoms with Gasteiger partial charge >= 0.3 is 5.97 Å². The highest BCUT2D eigenvalue weighted by Crippen LogP contribution is 2.41. The highest BCUT2D eigenvalue weighted by Gasteiger charge is 2.47. The standard InChI is InChI=1S/C16H17NO4/c1-8-5-9(2)13(12(6-8)16(20)21)17-14(18)10-3-4-11(7-10)15(17)19/h5-6,10-11H,3-4,7H2,1-2H3,(H,20,21). The number of aryl methyl sites for hydroxylation is 2. The lowest BCUT2D eigenvalue weighted by Crippen LogP contribution is -2.47. The van der Waals surface area contributed by atoms with Crippen LogP contribution in [0.1, 0.15) is 40.7 Å². The Morgan fingerprint density at radius 3 is 2.24 bits per heavy atom. The Kier molecular flexibility index (Phi) is 3.08. The fourth-order valence-corrected chi connectivity index (χ4v) is 3.54. The van der Waals surface area contributed by atoms with E-state index in [0.29, 0.717) is 12.0 Å². The second kappa shape index (κ2) is 4.69. The molecule has 5 nitrogen and oxygen atoms in total. The lowest BCUT2D eigenvalue weighted by atomic mass is 9.94. The highest BCUT2D eigenvalue weighted by molar-refractivity contribution is 6.21. The van der Waals surface area contributed by atoms with Crippen molar-refractivity contribution in [2.45, 2.75) is 33.1 Å². The molecule has 1 aromatic carbocycles. The summed E-state index contributed by atoms with van der Waals surface area (Å²) in [5.41, 5.74) is 1.72. The number of amides is 2. The fourth-order valence-electron chi connectivity index (χ4n) is 3.54. The second-order valence-electron chi connectivity index (χ2n) is 6.00. The average molecular weight is 287 g/mol. The van der Waals surface area contributed by atoms with Gasteiger partial charge in [0, 0.05) is 11.8 Å². The molecule has 0 spiro atoms. The molecule has 0 radical (unpaired) electrons. The van der Waals surface area contributed by atoms with Gasteiger partial charge in [0.05, 0.1) is 11.3 Å². The molecule has 1 saturated carbocycles. The van der Waals surface area contributed by atoms with Crippen LogP contribution in [-0.2, 0) is 9.59 Å². The number of piperidine rings is 1. The van der Waals surface area contributed by atoms with E-state index in [2.05, 4.69) is 0 Å². The largest absolute Gasteiger partial charge is 0.478 e. The number of hydrogen-bond donors (Lipinski definition) is 1. The molecule has 0 aromatic heterocycles. The third kappa shape index (κ3) is 2.04. The van der Waals surface area contributed by atoms with Crippen molar-refractivity contribution < 1.29 is 19.5 Å². The zero-order valence-corrected chi connectivity index (χ0v) is 12.0. The maximum absolute atomic E-state index is 12.5. The van der Waals surface area contributed by atoms with E-state index in [-0.39, 0.29) is 34.9 Å². The molecule has 1 aliphatic heterocycles. The van der Waals surface area contributed by atoms with Gasteiger partial charge in [-0.2, -0.15) is 0 Å². The van der Waals surface area contributed by atoms with Crippen LogP contribution in [0.5, 0.6) is 0 Å². The molecule has 1 aliphatic carbocycles. The molecule has 1 heterocycles. The van der Waals surface area contributed by atoms with Gasteiger partial charge in [-0.1, -0.05) is 6.07 Å². The zero-order chi connectivity index (χ0) is 15.3. The summed E-state index contributed by atoms with van der Waals surface area (Å²) in [6.45, 7) is 3.54. The molecular weight excluding hydrogens is 270 g/mol. The van der Waals surface area contributed by atoms with Crippen molar-refractivity contribution in [1.29, 1.82) is 0 Å². The third-order valence-corrected chi connectivity index (χ3v) is 4.47. The van der Waals surface area contributed by atoms with Gasteiger partial charge in [-0.05, 0) is 50.3 Å². The summed E-state index contributed by atoms with van der Waals surface area (Å²) >= 11 is 0. The van der Waals surface area contributed by atoms with Crippen molar-refractivity contribution in [2.75, 3.05) is 4.90 Å². The first-order valence-electron chi connectivity index (χ1n) is 7.12. The van der Waals surface area contributed by atoms with Gasteiger partial charge in [0.15, 0.2) is 0 Å². The van der Waals surface area contributed by atoms with E-state index >= 15 is 0 Å². The molecule has 2 amide bonds. The number of carboxylic acid groups (broad SMARTS) is 1. The Morgan fingerprint density at radius 1 is 1.14 bits per heavy atom. The highest BCUT2D eigenvalue weighted by atomic mass is 16.4. The van der Waals surface area contributed by atoms with Crippen LogP contribution in [0.4, 0.5) is 5.69 Å². The van der Waals surface area contributed by atoms with Crippen LogP contribution in [0.15, 0.2) is 12.1 Å². The fraction of sp³-hybridized carbons (Fsp3) is 0.438. The number of carbonyl (C=O) groups excluding carboxylic acids is 2.